The van der Waals surface area contributed by atoms with Crippen LogP contribution in [0, 0.1) is 6.92 Å². The summed E-state index contributed by atoms with van der Waals surface area (Å²) in [6.07, 6.45) is 0.941. The van der Waals surface area contributed by atoms with Crippen LogP contribution in [0.15, 0.2) is 12.1 Å². The van der Waals surface area contributed by atoms with Gasteiger partial charge in [-0.1, -0.05) is 0 Å². The summed E-state index contributed by atoms with van der Waals surface area (Å²) in [5, 5.41) is 0. The smallest absolute Gasteiger partial charge is 0.210 e. The van der Waals surface area contributed by atoms with Crippen LogP contribution in [0.4, 0.5) is 0 Å². The second kappa shape index (κ2) is 2.91. The van der Waals surface area contributed by atoms with Gasteiger partial charge in [-0.05, 0) is 26.0 Å². The van der Waals surface area contributed by atoms with E-state index in [2.05, 4.69) is 30.5 Å². The molecule has 0 bridgehead atoms. The SMILES string of the molecule is Cc1ccc2n1CCN(C=O)C2C. The number of fused-ring (bicyclic) bond motifs is 1. The van der Waals surface area contributed by atoms with Crippen molar-refractivity contribution in [2.75, 3.05) is 6.54 Å². The lowest BCUT2D eigenvalue weighted by Crippen LogP contribution is -2.35. The average molecular weight is 178 g/mol. The van der Waals surface area contributed by atoms with Crippen LogP contribution in [0.2, 0.25) is 0 Å². The molecule has 1 amide bonds. The van der Waals surface area contributed by atoms with E-state index in [1.807, 2.05) is 4.90 Å². The Morgan fingerprint density at radius 2 is 2.23 bits per heavy atom. The zero-order valence-electron chi connectivity index (χ0n) is 8.03. The highest BCUT2D eigenvalue weighted by atomic mass is 16.1. The van der Waals surface area contributed by atoms with Gasteiger partial charge in [0.2, 0.25) is 6.41 Å². The summed E-state index contributed by atoms with van der Waals surface area (Å²) in [4.78, 5) is 12.5. The van der Waals surface area contributed by atoms with Crippen LogP contribution in [-0.4, -0.2) is 22.4 Å². The third-order valence-electron chi connectivity index (χ3n) is 2.88. The van der Waals surface area contributed by atoms with Crippen LogP contribution in [0.25, 0.3) is 0 Å². The minimum Gasteiger partial charge on any atom is -0.345 e. The second-order valence-corrected chi connectivity index (χ2v) is 3.57. The fourth-order valence-electron chi connectivity index (χ4n) is 1.98. The van der Waals surface area contributed by atoms with Crippen LogP contribution in [0.1, 0.15) is 24.4 Å². The van der Waals surface area contributed by atoms with E-state index in [4.69, 9.17) is 0 Å². The molecule has 1 unspecified atom stereocenters. The fraction of sp³-hybridized carbons (Fsp3) is 0.500. The lowest BCUT2D eigenvalue weighted by molar-refractivity contribution is -0.120. The molecule has 0 saturated carbocycles. The first-order valence-electron chi connectivity index (χ1n) is 4.61. The quantitative estimate of drug-likeness (QED) is 0.595. The number of amides is 1. The molecule has 0 N–H and O–H groups in total. The highest BCUT2D eigenvalue weighted by molar-refractivity contribution is 5.49. The molecule has 13 heavy (non-hydrogen) atoms. The van der Waals surface area contributed by atoms with Gasteiger partial charge in [0.1, 0.15) is 0 Å². The number of aromatic nitrogens is 1. The van der Waals surface area contributed by atoms with Crippen molar-refractivity contribution in [3.8, 4) is 0 Å². The number of hydrogen-bond acceptors (Lipinski definition) is 1. The molecule has 3 nitrogen and oxygen atoms in total. The fourth-order valence-corrected chi connectivity index (χ4v) is 1.98. The molecule has 1 atom stereocenters. The maximum Gasteiger partial charge on any atom is 0.210 e. The molecule has 0 spiro atoms. The van der Waals surface area contributed by atoms with E-state index in [0.717, 1.165) is 19.5 Å². The Bertz CT molecular complexity index is 330. The molecule has 1 aromatic rings. The molecule has 70 valence electrons. The highest BCUT2D eigenvalue weighted by Crippen LogP contribution is 2.25. The van der Waals surface area contributed by atoms with Gasteiger partial charge in [-0.15, -0.1) is 0 Å². The molecule has 3 heteroatoms. The van der Waals surface area contributed by atoms with Crippen molar-refractivity contribution in [1.29, 1.82) is 0 Å². The molecule has 2 rings (SSSR count). The molecular weight excluding hydrogens is 164 g/mol. The molecule has 0 aliphatic carbocycles. The minimum absolute atomic E-state index is 0.222. The minimum atomic E-state index is 0.222. The van der Waals surface area contributed by atoms with Gasteiger partial charge in [-0.25, -0.2) is 0 Å². The van der Waals surface area contributed by atoms with Gasteiger partial charge in [0.05, 0.1) is 6.04 Å². The van der Waals surface area contributed by atoms with Gasteiger partial charge >= 0.3 is 0 Å². The first-order chi connectivity index (χ1) is 6.24. The van der Waals surface area contributed by atoms with Gasteiger partial charge in [0.15, 0.2) is 0 Å². The molecule has 2 heterocycles. The maximum atomic E-state index is 10.7. The summed E-state index contributed by atoms with van der Waals surface area (Å²) >= 11 is 0. The Morgan fingerprint density at radius 3 is 2.92 bits per heavy atom. The number of aryl methyl sites for hydroxylation is 1. The first-order valence-corrected chi connectivity index (χ1v) is 4.61. The average Bonchev–Trinajstić information content (AvgIpc) is 2.50. The van der Waals surface area contributed by atoms with Gasteiger partial charge in [0, 0.05) is 24.5 Å². The molecule has 1 aromatic heterocycles. The zero-order valence-corrected chi connectivity index (χ0v) is 8.03. The topological polar surface area (TPSA) is 25.2 Å². The van der Waals surface area contributed by atoms with Crippen LogP contribution < -0.4 is 0 Å². The Kier molecular flexibility index (Phi) is 1.87. The first kappa shape index (κ1) is 8.35. The van der Waals surface area contributed by atoms with Gasteiger partial charge in [-0.2, -0.15) is 0 Å². The third-order valence-corrected chi connectivity index (χ3v) is 2.88. The van der Waals surface area contributed by atoms with Crippen molar-refractivity contribution in [1.82, 2.24) is 9.47 Å². The standard InChI is InChI=1S/C10H14N2O/c1-8-3-4-10-9(2)11(7-13)5-6-12(8)10/h3-4,7,9H,5-6H2,1-2H3. The van der Waals surface area contributed by atoms with E-state index in [9.17, 15) is 4.79 Å². The van der Waals surface area contributed by atoms with Gasteiger partial charge in [0.25, 0.3) is 0 Å². The number of nitrogens with zero attached hydrogens (tertiary/aromatic N) is 2. The maximum absolute atomic E-state index is 10.7. The molecule has 0 saturated heterocycles. The summed E-state index contributed by atoms with van der Waals surface area (Å²) in [5.41, 5.74) is 2.53. The summed E-state index contributed by atoms with van der Waals surface area (Å²) in [5.74, 6) is 0. The number of hydrogen-bond donors (Lipinski definition) is 0. The van der Waals surface area contributed by atoms with Crippen molar-refractivity contribution in [2.24, 2.45) is 0 Å². The highest BCUT2D eigenvalue weighted by Gasteiger charge is 2.22. The molecule has 1 aliphatic heterocycles. The molecular formula is C10H14N2O. The van der Waals surface area contributed by atoms with E-state index in [-0.39, 0.29) is 6.04 Å². The van der Waals surface area contributed by atoms with Crippen molar-refractivity contribution in [3.05, 3.63) is 23.5 Å². The van der Waals surface area contributed by atoms with Crippen LogP contribution >= 0.6 is 0 Å². The Labute approximate surface area is 78.0 Å². The predicted octanol–water partition coefficient (Wildman–Crippen LogP) is 1.33. The third kappa shape index (κ3) is 1.15. The Balaban J connectivity index is 2.39. The van der Waals surface area contributed by atoms with E-state index in [1.54, 1.807) is 0 Å². The van der Waals surface area contributed by atoms with Crippen molar-refractivity contribution < 1.29 is 4.79 Å². The number of carbonyl (C=O) groups is 1. The lowest BCUT2D eigenvalue weighted by Gasteiger charge is -2.32. The van der Waals surface area contributed by atoms with Gasteiger partial charge in [-0.3, -0.25) is 4.79 Å². The summed E-state index contributed by atoms with van der Waals surface area (Å²) in [6, 6.07) is 4.44. The zero-order chi connectivity index (χ0) is 9.42. The summed E-state index contributed by atoms with van der Waals surface area (Å²) in [7, 11) is 0. The summed E-state index contributed by atoms with van der Waals surface area (Å²) in [6.45, 7) is 5.93. The van der Waals surface area contributed by atoms with E-state index in [1.165, 1.54) is 11.4 Å². The molecule has 0 aromatic carbocycles. The predicted molar refractivity (Wildman–Crippen MR) is 50.4 cm³/mol. The lowest BCUT2D eigenvalue weighted by atomic mass is 10.2. The largest absolute Gasteiger partial charge is 0.345 e. The normalized spacial score (nSPS) is 21.4. The molecule has 1 aliphatic rings. The molecule has 0 fully saturated rings. The van der Waals surface area contributed by atoms with E-state index in [0.29, 0.717) is 0 Å². The van der Waals surface area contributed by atoms with Crippen molar-refractivity contribution in [2.45, 2.75) is 26.4 Å². The van der Waals surface area contributed by atoms with E-state index < -0.39 is 0 Å². The Hall–Kier alpha value is -1.25. The van der Waals surface area contributed by atoms with Gasteiger partial charge < -0.3 is 9.47 Å². The monoisotopic (exact) mass is 178 g/mol. The van der Waals surface area contributed by atoms with Crippen molar-refractivity contribution >= 4 is 6.41 Å². The van der Waals surface area contributed by atoms with Crippen LogP contribution in [0.3, 0.4) is 0 Å². The van der Waals surface area contributed by atoms with E-state index >= 15 is 0 Å². The second-order valence-electron chi connectivity index (χ2n) is 3.57. The Morgan fingerprint density at radius 1 is 1.46 bits per heavy atom. The van der Waals surface area contributed by atoms with Crippen molar-refractivity contribution in [3.63, 3.8) is 0 Å². The number of rotatable bonds is 1. The number of carbonyl (C=O) groups excluding carboxylic acids is 1. The summed E-state index contributed by atoms with van der Waals surface area (Å²) < 4.78 is 2.28. The molecule has 0 radical (unpaired) electrons. The van der Waals surface area contributed by atoms with Crippen LogP contribution in [0.5, 0.6) is 0 Å². The van der Waals surface area contributed by atoms with Crippen LogP contribution in [-0.2, 0) is 11.3 Å².